The molecule has 0 aliphatic heterocycles. The van der Waals surface area contributed by atoms with E-state index in [1.54, 1.807) is 13.0 Å². The van der Waals surface area contributed by atoms with Gasteiger partial charge in [-0.3, -0.25) is 10.6 Å². The largest absolute Gasteiger partial charge is 0.459 e. The van der Waals surface area contributed by atoms with Crippen molar-refractivity contribution in [3.63, 3.8) is 0 Å². The van der Waals surface area contributed by atoms with Gasteiger partial charge in [0.15, 0.2) is 0 Å². The monoisotopic (exact) mass is 772 g/mol. The third-order valence-electron chi connectivity index (χ3n) is 8.93. The molecule has 2 amide bonds. The molecule has 0 atom stereocenters. The maximum Gasteiger partial charge on any atom is 0.411 e. The zero-order valence-corrected chi connectivity index (χ0v) is 35.4. The second kappa shape index (κ2) is 23.7. The summed E-state index contributed by atoms with van der Waals surface area (Å²) in [4.78, 5) is 48.4. The topological polar surface area (TPSA) is 129 Å². The van der Waals surface area contributed by atoms with Crippen LogP contribution < -0.4 is 10.6 Å². The molecule has 2 rings (SSSR count). The molecule has 0 spiro atoms. The predicted molar refractivity (Wildman–Crippen MR) is 226 cm³/mol. The van der Waals surface area contributed by atoms with Crippen LogP contribution in [0.2, 0.25) is 0 Å². The molecule has 0 aliphatic carbocycles. The second-order valence-electron chi connectivity index (χ2n) is 15.3. The summed E-state index contributed by atoms with van der Waals surface area (Å²) in [5.41, 5.74) is 8.92. The van der Waals surface area contributed by atoms with Crippen molar-refractivity contribution >= 4 is 46.6 Å². The Balaban J connectivity index is 1.88. The van der Waals surface area contributed by atoms with E-state index in [2.05, 4.69) is 86.4 Å². The molecule has 0 saturated heterocycles. The number of amides is 2. The van der Waals surface area contributed by atoms with Crippen molar-refractivity contribution in [3.05, 3.63) is 95.1 Å². The molecule has 0 aromatic heterocycles. The Kier molecular flexibility index (Phi) is 19.9. The lowest BCUT2D eigenvalue weighted by Gasteiger charge is -2.25. The molecule has 0 aliphatic rings. The van der Waals surface area contributed by atoms with Gasteiger partial charge in [-0.15, -0.1) is 0 Å². The van der Waals surface area contributed by atoms with Gasteiger partial charge >= 0.3 is 24.1 Å². The van der Waals surface area contributed by atoms with Crippen molar-refractivity contribution in [2.24, 2.45) is 29.6 Å². The molecule has 10 nitrogen and oxygen atoms in total. The lowest BCUT2D eigenvalue weighted by molar-refractivity contribution is -0.140. The van der Waals surface area contributed by atoms with Crippen molar-refractivity contribution in [1.29, 1.82) is 0 Å². The average Bonchev–Trinajstić information content (AvgIpc) is 3.12. The number of anilines is 2. The van der Waals surface area contributed by atoms with Crippen molar-refractivity contribution in [1.82, 2.24) is 0 Å². The minimum absolute atomic E-state index is 0.0587. The van der Waals surface area contributed by atoms with Gasteiger partial charge in [-0.05, 0) is 95.9 Å². The van der Waals surface area contributed by atoms with Crippen LogP contribution in [-0.4, -0.2) is 50.6 Å². The van der Waals surface area contributed by atoms with Crippen LogP contribution in [-0.2, 0) is 28.5 Å². The average molecular weight is 773 g/mol. The van der Waals surface area contributed by atoms with E-state index in [-0.39, 0.29) is 43.8 Å². The summed E-state index contributed by atoms with van der Waals surface area (Å²) in [7, 11) is 0. The van der Waals surface area contributed by atoms with Crippen LogP contribution in [0.3, 0.4) is 0 Å². The molecule has 0 saturated carbocycles. The Morgan fingerprint density at radius 1 is 0.589 bits per heavy atom. The molecule has 0 radical (unpaired) electrons. The van der Waals surface area contributed by atoms with Crippen molar-refractivity contribution in [2.75, 3.05) is 37.1 Å². The van der Waals surface area contributed by atoms with E-state index in [9.17, 15) is 19.2 Å². The molecule has 0 heterocycles. The van der Waals surface area contributed by atoms with E-state index in [4.69, 9.17) is 18.9 Å². The van der Waals surface area contributed by atoms with Crippen LogP contribution in [0.5, 0.6) is 0 Å². The highest BCUT2D eigenvalue weighted by atomic mass is 16.6. The molecule has 306 valence electrons. The van der Waals surface area contributed by atoms with Crippen molar-refractivity contribution in [3.8, 4) is 0 Å². The molecule has 2 aromatic carbocycles. The van der Waals surface area contributed by atoms with Gasteiger partial charge < -0.3 is 18.9 Å². The van der Waals surface area contributed by atoms with E-state index >= 15 is 0 Å². The predicted octanol–water partition coefficient (Wildman–Crippen LogP) is 11.3. The number of esters is 2. The van der Waals surface area contributed by atoms with Gasteiger partial charge in [-0.1, -0.05) is 117 Å². The Hall–Kier alpha value is -5.12. The van der Waals surface area contributed by atoms with Gasteiger partial charge in [-0.25, -0.2) is 19.2 Å². The fraction of sp³-hybridized carbons (Fsp3) is 0.478. The number of hydrogen-bond acceptors (Lipinski definition) is 8. The Morgan fingerprint density at radius 3 is 1.43 bits per heavy atom. The van der Waals surface area contributed by atoms with Gasteiger partial charge in [0.25, 0.3) is 0 Å². The molecule has 10 heteroatoms. The Morgan fingerprint density at radius 2 is 1.02 bits per heavy atom. The first-order chi connectivity index (χ1) is 26.4. The highest BCUT2D eigenvalue weighted by molar-refractivity contribution is 5.87. The van der Waals surface area contributed by atoms with Crippen LogP contribution >= 0.6 is 0 Å². The number of carbonyl (C=O) groups is 4. The molecule has 2 N–H and O–H groups in total. The van der Waals surface area contributed by atoms with Crippen LogP contribution in [0.1, 0.15) is 100 Å². The fourth-order valence-electron chi connectivity index (χ4n) is 6.66. The number of rotatable bonds is 20. The van der Waals surface area contributed by atoms with E-state index in [1.807, 2.05) is 48.5 Å². The lowest BCUT2D eigenvalue weighted by Crippen LogP contribution is -2.18. The highest BCUT2D eigenvalue weighted by Gasteiger charge is 2.19. The number of hydrogen-bond donors (Lipinski definition) is 2. The summed E-state index contributed by atoms with van der Waals surface area (Å²) in [6.07, 6.45) is 3.31. The summed E-state index contributed by atoms with van der Waals surface area (Å²) in [5, 5.41) is 5.43. The first kappa shape index (κ1) is 47.0. The summed E-state index contributed by atoms with van der Waals surface area (Å²) in [6, 6.07) is 15.4. The van der Waals surface area contributed by atoms with Gasteiger partial charge in [0.1, 0.15) is 26.4 Å². The van der Waals surface area contributed by atoms with Crippen molar-refractivity contribution in [2.45, 2.75) is 89.0 Å². The minimum Gasteiger partial charge on any atom is -0.459 e. The highest BCUT2D eigenvalue weighted by Crippen LogP contribution is 2.36. The van der Waals surface area contributed by atoms with Gasteiger partial charge in [0, 0.05) is 23.0 Å². The van der Waals surface area contributed by atoms with Crippen molar-refractivity contribution < 1.29 is 38.1 Å². The van der Waals surface area contributed by atoms with E-state index < -0.39 is 24.1 Å². The molecule has 0 fully saturated rings. The first-order valence-corrected chi connectivity index (χ1v) is 19.6. The SMILES string of the molecule is C=C(C)C(=O)OCCOC(=O)Nc1ccc(/C(=C(/CC/C=C/C(=O)OCCOC(=O)Nc2ccc(C(=C(C(C)C)C(C)C)C(C)C)cc2)C(C)C)C(C)C)cc1. The smallest absolute Gasteiger partial charge is 0.411 e. The first-order valence-electron chi connectivity index (χ1n) is 19.6. The number of carbonyl (C=O) groups excluding carboxylic acids is 4. The quantitative estimate of drug-likeness (QED) is 0.0589. The van der Waals surface area contributed by atoms with E-state index in [0.29, 0.717) is 35.5 Å². The van der Waals surface area contributed by atoms with Crippen LogP contribution in [0.15, 0.2) is 84.0 Å². The van der Waals surface area contributed by atoms with Crippen LogP contribution in [0, 0.1) is 29.6 Å². The number of allylic oxidation sites excluding steroid dienone is 5. The normalized spacial score (nSPS) is 11.9. The summed E-state index contributed by atoms with van der Waals surface area (Å²) >= 11 is 0. The number of ether oxygens (including phenoxy) is 4. The molecule has 56 heavy (non-hydrogen) atoms. The molecule has 2 aromatic rings. The summed E-state index contributed by atoms with van der Waals surface area (Å²) in [5.74, 6) is 0.689. The third kappa shape index (κ3) is 15.9. The van der Waals surface area contributed by atoms with Gasteiger partial charge in [0.05, 0.1) is 0 Å². The Labute approximate surface area is 334 Å². The molecular formula is C46H64N2O8. The van der Waals surface area contributed by atoms with Crippen LogP contribution in [0.4, 0.5) is 21.0 Å². The lowest BCUT2D eigenvalue weighted by atomic mass is 9.81. The van der Waals surface area contributed by atoms with Gasteiger partial charge in [0.2, 0.25) is 0 Å². The number of benzene rings is 2. The second-order valence-corrected chi connectivity index (χ2v) is 15.3. The van der Waals surface area contributed by atoms with Crippen LogP contribution in [0.25, 0.3) is 11.1 Å². The Bertz CT molecular complexity index is 1700. The summed E-state index contributed by atoms with van der Waals surface area (Å²) < 4.78 is 20.5. The van der Waals surface area contributed by atoms with E-state index in [1.165, 1.54) is 28.4 Å². The molecule has 0 bridgehead atoms. The number of nitrogens with one attached hydrogen (secondary N) is 2. The maximum absolute atomic E-state index is 12.4. The molecule has 0 unspecified atom stereocenters. The third-order valence-corrected chi connectivity index (χ3v) is 8.93. The minimum atomic E-state index is -0.651. The zero-order chi connectivity index (χ0) is 41.9. The maximum atomic E-state index is 12.4. The van der Waals surface area contributed by atoms with Gasteiger partial charge in [-0.2, -0.15) is 0 Å². The van der Waals surface area contributed by atoms with E-state index in [0.717, 1.165) is 17.5 Å². The zero-order valence-electron chi connectivity index (χ0n) is 35.4. The molecular weight excluding hydrogens is 709 g/mol. The summed E-state index contributed by atoms with van der Waals surface area (Å²) in [6.45, 7) is 26.7. The fourth-order valence-corrected chi connectivity index (χ4v) is 6.66. The standard InChI is InChI=1S/C46H64N2O8/c1-29(2)39(42(32(7)8)35-17-21-37(22-18-35)47-46(52)56-28-26-54-44(50)34(11)12)15-13-14-16-40(49)53-25-27-55-45(51)48-38-23-19-36(20-24-38)43(33(9)10)41(30(3)4)31(5)6/h14,16-24,29-33H,11,13,15,25-28H2,1-10,12H3,(H,47,52)(H,48,51)/b16-14+,42-39-.